The molecule has 0 bridgehead atoms. The van der Waals surface area contributed by atoms with E-state index >= 15 is 8.78 Å². The molecule has 0 radical (unpaired) electrons. The third kappa shape index (κ3) is 7.31. The fraction of sp³-hybridized carbons (Fsp3) is 0.614. The summed E-state index contributed by atoms with van der Waals surface area (Å²) in [5.41, 5.74) is 0.228. The molecule has 2 saturated carbocycles. The zero-order chi connectivity index (χ0) is 41.1. The van der Waals surface area contributed by atoms with E-state index in [-0.39, 0.29) is 76.1 Å². The lowest BCUT2D eigenvalue weighted by Crippen LogP contribution is -2.62. The molecule has 12 nitrogen and oxygen atoms in total. The first-order chi connectivity index (χ1) is 28.4. The minimum absolute atomic E-state index is 0.00276. The van der Waals surface area contributed by atoms with Crippen LogP contribution in [0.5, 0.6) is 0 Å². The number of nitrogens with one attached hydrogen (secondary N) is 1. The van der Waals surface area contributed by atoms with E-state index in [9.17, 15) is 23.3 Å². The number of carbonyl (C=O) groups is 2. The van der Waals surface area contributed by atoms with Gasteiger partial charge in [-0.2, -0.15) is 9.57 Å². The second kappa shape index (κ2) is 15.7. The molecule has 7 fully saturated rings. The van der Waals surface area contributed by atoms with Crippen molar-refractivity contribution in [2.45, 2.75) is 67.3 Å². The predicted molar refractivity (Wildman–Crippen MR) is 217 cm³/mol. The van der Waals surface area contributed by atoms with E-state index in [2.05, 4.69) is 33.8 Å². The highest BCUT2D eigenvalue weighted by Crippen LogP contribution is 2.54. The van der Waals surface area contributed by atoms with Crippen LogP contribution in [0.1, 0.15) is 50.5 Å². The van der Waals surface area contributed by atoms with Gasteiger partial charge >= 0.3 is 6.09 Å². The summed E-state index contributed by atoms with van der Waals surface area (Å²) >= 11 is 0. The van der Waals surface area contributed by atoms with Crippen LogP contribution >= 0.6 is 0 Å². The Morgan fingerprint density at radius 3 is 2.47 bits per heavy atom. The highest BCUT2D eigenvalue weighted by Gasteiger charge is 2.58. The van der Waals surface area contributed by atoms with Gasteiger partial charge in [0, 0.05) is 56.8 Å². The molecule has 0 aromatic heterocycles. The van der Waals surface area contributed by atoms with E-state index in [0.717, 1.165) is 89.3 Å². The number of hydrogen-bond acceptors (Lipinski definition) is 9. The molecular weight excluding hydrogens is 777 g/mol. The molecule has 2 amide bonds. The van der Waals surface area contributed by atoms with Crippen molar-refractivity contribution in [2.75, 3.05) is 83.5 Å². The fourth-order valence-electron chi connectivity index (χ4n) is 11.9. The zero-order valence-corrected chi connectivity index (χ0v) is 34.4. The minimum atomic E-state index is -3.94. The maximum atomic E-state index is 15.8. The quantitative estimate of drug-likeness (QED) is 0.272. The number of rotatable bonds is 14. The van der Waals surface area contributed by atoms with Crippen LogP contribution in [0.3, 0.4) is 0 Å². The van der Waals surface area contributed by atoms with Gasteiger partial charge in [-0.05, 0) is 130 Å². The molecule has 15 heteroatoms. The number of anilines is 1. The predicted octanol–water partition coefficient (Wildman–Crippen LogP) is 4.58. The van der Waals surface area contributed by atoms with Crippen LogP contribution in [0.4, 0.5) is 19.3 Å². The number of ether oxygens (including phenoxy) is 1. The van der Waals surface area contributed by atoms with Gasteiger partial charge in [-0.3, -0.25) is 4.79 Å². The van der Waals surface area contributed by atoms with Gasteiger partial charge in [-0.15, -0.1) is 0 Å². The van der Waals surface area contributed by atoms with Gasteiger partial charge in [-0.1, -0.05) is 25.1 Å². The fourth-order valence-corrected chi connectivity index (χ4v) is 13.6. The Balaban J connectivity index is 0.872. The van der Waals surface area contributed by atoms with Crippen LogP contribution < -0.4 is 10.2 Å². The Labute approximate surface area is 346 Å². The first kappa shape index (κ1) is 40.3. The number of nitriles is 1. The molecule has 9 rings (SSSR count). The highest BCUT2D eigenvalue weighted by atomic mass is 32.2. The van der Waals surface area contributed by atoms with Crippen molar-refractivity contribution in [1.82, 2.24) is 24.3 Å². The van der Waals surface area contributed by atoms with Gasteiger partial charge in [0.05, 0.1) is 23.2 Å². The number of carbonyl (C=O) groups excluding carboxylic acids is 2. The lowest BCUT2D eigenvalue weighted by Gasteiger charge is -2.55. The first-order valence-electron chi connectivity index (χ1n) is 21.5. The summed E-state index contributed by atoms with van der Waals surface area (Å²) in [7, 11) is -3.94. The van der Waals surface area contributed by atoms with Crippen molar-refractivity contribution in [2.24, 2.45) is 29.1 Å². The van der Waals surface area contributed by atoms with Crippen LogP contribution in [0.15, 0.2) is 60.0 Å². The Hall–Kier alpha value is -4.10. The average molecular weight is 832 g/mol. The van der Waals surface area contributed by atoms with E-state index in [1.165, 1.54) is 28.6 Å². The van der Waals surface area contributed by atoms with Crippen LogP contribution in [0.2, 0.25) is 0 Å². The van der Waals surface area contributed by atoms with Gasteiger partial charge in [0.15, 0.2) is 0 Å². The number of hydrogen-bond donors (Lipinski definition) is 1. The highest BCUT2D eigenvalue weighted by molar-refractivity contribution is 7.89. The lowest BCUT2D eigenvalue weighted by atomic mass is 9.57. The number of fused-ring (bicyclic) bond motifs is 1. The molecule has 5 aliphatic heterocycles. The summed E-state index contributed by atoms with van der Waals surface area (Å²) in [4.78, 5) is 33.2. The van der Waals surface area contributed by atoms with Crippen LogP contribution in [0.25, 0.3) is 0 Å². The zero-order valence-electron chi connectivity index (χ0n) is 33.6. The maximum absolute atomic E-state index is 15.8. The number of piperidine rings is 2. The van der Waals surface area contributed by atoms with Crippen LogP contribution in [0, 0.1) is 52.1 Å². The number of sulfonamides is 1. The van der Waals surface area contributed by atoms with Gasteiger partial charge in [0.2, 0.25) is 15.9 Å². The van der Waals surface area contributed by atoms with Crippen molar-refractivity contribution in [3.63, 3.8) is 0 Å². The van der Waals surface area contributed by atoms with E-state index in [0.29, 0.717) is 39.3 Å². The molecule has 316 valence electrons. The number of halogens is 2. The molecule has 2 aromatic rings. The van der Waals surface area contributed by atoms with Crippen molar-refractivity contribution in [1.29, 1.82) is 5.26 Å². The Kier molecular flexibility index (Phi) is 10.8. The second-order valence-corrected chi connectivity index (χ2v) is 20.1. The number of amides is 2. The summed E-state index contributed by atoms with van der Waals surface area (Å²) in [5.74, 6) is -0.612. The van der Waals surface area contributed by atoms with Crippen molar-refractivity contribution in [3.05, 3.63) is 72.3 Å². The summed E-state index contributed by atoms with van der Waals surface area (Å²) < 4.78 is 65.2. The third-order valence-electron chi connectivity index (χ3n) is 15.0. The van der Waals surface area contributed by atoms with E-state index < -0.39 is 21.3 Å². The summed E-state index contributed by atoms with van der Waals surface area (Å²) in [6.07, 6.45) is 7.44. The molecule has 1 N–H and O–H groups in total. The minimum Gasteiger partial charge on any atom is -0.448 e. The first-order valence-corrected chi connectivity index (χ1v) is 22.9. The smallest absolute Gasteiger partial charge is 0.410 e. The molecule has 7 aliphatic rings. The normalized spacial score (nSPS) is 29.5. The molecule has 1 unspecified atom stereocenters. The molecule has 5 saturated heterocycles. The monoisotopic (exact) mass is 831 g/mol. The van der Waals surface area contributed by atoms with Crippen LogP contribution in [-0.4, -0.2) is 130 Å². The van der Waals surface area contributed by atoms with E-state index in [1.807, 2.05) is 15.9 Å². The largest absolute Gasteiger partial charge is 0.448 e. The Bertz CT molecular complexity index is 2120. The molecule has 5 heterocycles. The number of likely N-dealkylation sites (tertiary alicyclic amines) is 2. The number of cyclic esters (lactones) is 1. The topological polar surface area (TPSA) is 130 Å². The standard InChI is InChI=1S/C44H55F2N7O5S/c1-2-41(54)48-23-30-24-53(40-22-35(30)40)59(56,57)34-10-11-39(37(46)21-34)51-27-43(25-47,28-51)26-50-16-12-31(13-17-50)44(29-49-14-5-15-49,32-6-3-7-33(45)20-32)36-8-4-9-38(36)52-18-19-58-42(52)55/h2-3,6-7,10-11,20-21,30-31,35-36,38,40H,1,4-5,8-9,12-19,22-24,26-29H2,(H,48,54)/t30-,35-,36-,38-,40?,44-/m0/s1. The van der Waals surface area contributed by atoms with Crippen LogP contribution in [-0.2, 0) is 25.0 Å². The molecule has 59 heavy (non-hydrogen) atoms. The van der Waals surface area contributed by atoms with Gasteiger partial charge in [-0.25, -0.2) is 22.0 Å². The summed E-state index contributed by atoms with van der Waals surface area (Å²) in [6.45, 7) is 10.7. The molecule has 0 spiro atoms. The lowest BCUT2D eigenvalue weighted by molar-refractivity contribution is -0.116. The maximum Gasteiger partial charge on any atom is 0.410 e. The third-order valence-corrected chi connectivity index (χ3v) is 16.9. The van der Waals surface area contributed by atoms with Gasteiger partial charge in [0.1, 0.15) is 23.7 Å². The molecule has 2 aromatic carbocycles. The Morgan fingerprint density at radius 1 is 1.02 bits per heavy atom. The molecule has 2 aliphatic carbocycles. The van der Waals surface area contributed by atoms with Gasteiger partial charge < -0.3 is 29.7 Å². The number of benzene rings is 2. The summed E-state index contributed by atoms with van der Waals surface area (Å²) in [6, 6.07) is 13.7. The molecule has 6 atom stereocenters. The average Bonchev–Trinajstić information content (AvgIpc) is 3.46. The SMILES string of the molecule is C=CC(=O)NC[C@H]1CN(S(=O)(=O)c2ccc(N3CC(C#N)(CN4CCC([C@@](CN5CCC5)(c5cccc(F)c5)[C@H]5CCC[C@@H]5N5CCOC5=O)CC4)C3)c(F)c2)C2C[C@H]21. The summed E-state index contributed by atoms with van der Waals surface area (Å²) in [5, 5.41) is 13.3. The van der Waals surface area contributed by atoms with Crippen molar-refractivity contribution in [3.8, 4) is 6.07 Å². The molecular formula is C44H55F2N7O5S. The van der Waals surface area contributed by atoms with Crippen molar-refractivity contribution >= 4 is 27.7 Å². The second-order valence-electron chi connectivity index (χ2n) is 18.3. The number of nitrogens with zero attached hydrogens (tertiary/aromatic N) is 6. The van der Waals surface area contributed by atoms with Gasteiger partial charge in [0.25, 0.3) is 0 Å². The van der Waals surface area contributed by atoms with Crippen molar-refractivity contribution < 1.29 is 31.5 Å². The van der Waals surface area contributed by atoms with E-state index in [4.69, 9.17) is 4.74 Å². The Morgan fingerprint density at radius 2 is 1.81 bits per heavy atom. The van der Waals surface area contributed by atoms with E-state index in [1.54, 1.807) is 6.07 Å².